The zero-order chi connectivity index (χ0) is 15.5. The summed E-state index contributed by atoms with van der Waals surface area (Å²) < 4.78 is 31.5. The first-order valence-corrected chi connectivity index (χ1v) is 8.04. The van der Waals surface area contributed by atoms with Crippen LogP contribution in [0.4, 0.5) is 0 Å². The minimum Gasteiger partial charge on any atom is -0.363 e. The van der Waals surface area contributed by atoms with Crippen LogP contribution in [0.25, 0.3) is 0 Å². The molecule has 2 aromatic rings. The van der Waals surface area contributed by atoms with Crippen molar-refractivity contribution in [2.24, 2.45) is 0 Å². The molecule has 2 rings (SSSR count). The molecule has 0 spiro atoms. The first kappa shape index (κ1) is 15.7. The molecular formula is C12H19N5O3S. The van der Waals surface area contributed by atoms with Crippen molar-refractivity contribution in [2.75, 3.05) is 0 Å². The lowest BCUT2D eigenvalue weighted by molar-refractivity contribution is 0.387. The van der Waals surface area contributed by atoms with E-state index < -0.39 is 10.0 Å². The maximum Gasteiger partial charge on any atom is 0.242 e. The normalized spacial score (nSPS) is 12.2. The zero-order valence-electron chi connectivity index (χ0n) is 12.2. The Morgan fingerprint density at radius 3 is 2.76 bits per heavy atom. The van der Waals surface area contributed by atoms with Gasteiger partial charge >= 0.3 is 0 Å². The summed E-state index contributed by atoms with van der Waals surface area (Å²) >= 11 is 0. The van der Waals surface area contributed by atoms with Crippen molar-refractivity contribution in [3.8, 4) is 0 Å². The van der Waals surface area contributed by atoms with E-state index in [1.807, 2.05) is 13.8 Å². The van der Waals surface area contributed by atoms with E-state index in [2.05, 4.69) is 25.2 Å². The number of aromatic amines is 1. The number of hydrogen-bond donors (Lipinski definition) is 3. The number of rotatable bonds is 7. The molecule has 8 nitrogen and oxygen atoms in total. The van der Waals surface area contributed by atoms with Crippen LogP contribution in [-0.4, -0.2) is 29.6 Å². The Hall–Kier alpha value is -1.71. The molecule has 9 heteroatoms. The van der Waals surface area contributed by atoms with E-state index in [1.54, 1.807) is 13.0 Å². The summed E-state index contributed by atoms with van der Waals surface area (Å²) in [4.78, 5) is 7.06. The topological polar surface area (TPSA) is 113 Å². The van der Waals surface area contributed by atoms with Gasteiger partial charge < -0.3 is 14.8 Å². The number of nitrogens with zero attached hydrogens (tertiary/aromatic N) is 2. The van der Waals surface area contributed by atoms with Crippen LogP contribution in [0.5, 0.6) is 0 Å². The van der Waals surface area contributed by atoms with Crippen molar-refractivity contribution < 1.29 is 12.9 Å². The summed E-state index contributed by atoms with van der Waals surface area (Å²) in [7, 11) is -3.60. The Morgan fingerprint density at radius 1 is 1.38 bits per heavy atom. The van der Waals surface area contributed by atoms with Gasteiger partial charge in [-0.1, -0.05) is 19.0 Å². The summed E-state index contributed by atoms with van der Waals surface area (Å²) in [6, 6.07) is 1.92. The summed E-state index contributed by atoms with van der Waals surface area (Å²) in [6.07, 6.45) is 1.46. The Balaban J connectivity index is 1.99. The lowest BCUT2D eigenvalue weighted by atomic mass is 10.3. The molecule has 0 aromatic carbocycles. The second-order valence-electron chi connectivity index (χ2n) is 4.95. The fraction of sp³-hybridized carbons (Fsp3) is 0.500. The van der Waals surface area contributed by atoms with E-state index >= 15 is 0 Å². The Labute approximate surface area is 123 Å². The average molecular weight is 313 g/mol. The highest BCUT2D eigenvalue weighted by Crippen LogP contribution is 2.11. The van der Waals surface area contributed by atoms with Gasteiger partial charge in [-0.05, 0) is 6.07 Å². The van der Waals surface area contributed by atoms with E-state index in [-0.39, 0.29) is 11.4 Å². The first-order valence-electron chi connectivity index (χ1n) is 6.56. The molecule has 0 atom stereocenters. The van der Waals surface area contributed by atoms with Gasteiger partial charge in [0, 0.05) is 31.4 Å². The highest BCUT2D eigenvalue weighted by molar-refractivity contribution is 7.89. The highest BCUT2D eigenvalue weighted by atomic mass is 32.2. The van der Waals surface area contributed by atoms with Gasteiger partial charge in [-0.2, -0.15) is 4.98 Å². The first-order chi connectivity index (χ1) is 9.87. The predicted molar refractivity (Wildman–Crippen MR) is 75.8 cm³/mol. The largest absolute Gasteiger partial charge is 0.363 e. The minimum absolute atomic E-state index is 0.00949. The lowest BCUT2D eigenvalue weighted by Gasteiger charge is -2.05. The van der Waals surface area contributed by atoms with Crippen molar-refractivity contribution in [3.05, 3.63) is 29.7 Å². The van der Waals surface area contributed by atoms with E-state index in [9.17, 15) is 8.42 Å². The molecule has 2 heterocycles. The van der Waals surface area contributed by atoms with Crippen molar-refractivity contribution in [2.45, 2.75) is 44.8 Å². The number of aryl methyl sites for hydroxylation is 1. The van der Waals surface area contributed by atoms with Gasteiger partial charge in [0.2, 0.25) is 15.9 Å². The SMILES string of the molecule is Cc1nc(CNS(=O)(=O)c2c[nH]c(CNC(C)C)c2)no1. The molecule has 3 N–H and O–H groups in total. The number of aromatic nitrogens is 3. The lowest BCUT2D eigenvalue weighted by Crippen LogP contribution is -2.23. The third-order valence-corrected chi connectivity index (χ3v) is 4.10. The maximum absolute atomic E-state index is 12.1. The summed E-state index contributed by atoms with van der Waals surface area (Å²) in [5.74, 6) is 0.696. The Bertz CT molecular complexity index is 689. The molecule has 0 amide bonds. The van der Waals surface area contributed by atoms with Crippen LogP contribution in [0.2, 0.25) is 0 Å². The standard InChI is InChI=1S/C12H19N5O3S/c1-8(2)13-5-10-4-11(6-14-10)21(18,19)15-7-12-16-9(3)20-17-12/h4,6,8,13-15H,5,7H2,1-3H3. The molecule has 0 unspecified atom stereocenters. The molecule has 0 saturated carbocycles. The molecule has 0 bridgehead atoms. The van der Waals surface area contributed by atoms with Crippen LogP contribution in [0.3, 0.4) is 0 Å². The van der Waals surface area contributed by atoms with Crippen molar-refractivity contribution >= 4 is 10.0 Å². The van der Waals surface area contributed by atoms with Crippen LogP contribution in [0.15, 0.2) is 21.7 Å². The molecule has 0 aliphatic carbocycles. The van der Waals surface area contributed by atoms with Gasteiger partial charge in [0.05, 0.1) is 11.4 Å². The molecule has 0 fully saturated rings. The molecular weight excluding hydrogens is 294 g/mol. The average Bonchev–Trinajstić information content (AvgIpc) is 3.03. The van der Waals surface area contributed by atoms with Gasteiger partial charge in [-0.3, -0.25) is 0 Å². The van der Waals surface area contributed by atoms with Gasteiger partial charge in [-0.25, -0.2) is 13.1 Å². The van der Waals surface area contributed by atoms with Crippen LogP contribution in [0.1, 0.15) is 31.3 Å². The van der Waals surface area contributed by atoms with E-state index in [4.69, 9.17) is 4.52 Å². The van der Waals surface area contributed by atoms with E-state index in [0.717, 1.165) is 5.69 Å². The van der Waals surface area contributed by atoms with E-state index in [1.165, 1.54) is 6.20 Å². The molecule has 0 radical (unpaired) electrons. The molecule has 21 heavy (non-hydrogen) atoms. The number of hydrogen-bond acceptors (Lipinski definition) is 6. The second kappa shape index (κ2) is 6.37. The second-order valence-corrected chi connectivity index (χ2v) is 6.72. The third-order valence-electron chi connectivity index (χ3n) is 2.72. The molecule has 0 aliphatic rings. The number of H-pyrrole nitrogens is 1. The number of sulfonamides is 1. The molecule has 0 saturated heterocycles. The summed E-state index contributed by atoms with van der Waals surface area (Å²) in [5, 5.41) is 6.84. The third kappa shape index (κ3) is 4.38. The van der Waals surface area contributed by atoms with Crippen molar-refractivity contribution in [1.82, 2.24) is 25.2 Å². The smallest absolute Gasteiger partial charge is 0.242 e. The fourth-order valence-electron chi connectivity index (χ4n) is 1.65. The zero-order valence-corrected chi connectivity index (χ0v) is 13.0. The van der Waals surface area contributed by atoms with Crippen LogP contribution >= 0.6 is 0 Å². The van der Waals surface area contributed by atoms with Crippen LogP contribution < -0.4 is 10.0 Å². The van der Waals surface area contributed by atoms with Crippen molar-refractivity contribution in [1.29, 1.82) is 0 Å². The molecule has 116 valence electrons. The predicted octanol–water partition coefficient (Wildman–Crippen LogP) is 0.683. The molecule has 2 aromatic heterocycles. The van der Waals surface area contributed by atoms with Gasteiger partial charge in [0.15, 0.2) is 5.82 Å². The fourth-order valence-corrected chi connectivity index (χ4v) is 2.64. The molecule has 0 aliphatic heterocycles. The minimum atomic E-state index is -3.60. The Morgan fingerprint density at radius 2 is 2.14 bits per heavy atom. The summed E-state index contributed by atoms with van der Waals surface area (Å²) in [5.41, 5.74) is 0.805. The van der Waals surface area contributed by atoms with Crippen LogP contribution in [-0.2, 0) is 23.1 Å². The van der Waals surface area contributed by atoms with Gasteiger partial charge in [-0.15, -0.1) is 0 Å². The Kier molecular flexibility index (Phi) is 4.76. The van der Waals surface area contributed by atoms with Gasteiger partial charge in [0.1, 0.15) is 0 Å². The van der Waals surface area contributed by atoms with Crippen molar-refractivity contribution in [3.63, 3.8) is 0 Å². The number of nitrogens with one attached hydrogen (secondary N) is 3. The van der Waals surface area contributed by atoms with Crippen LogP contribution in [0, 0.1) is 6.92 Å². The quantitative estimate of drug-likeness (QED) is 0.693. The van der Waals surface area contributed by atoms with E-state index in [0.29, 0.717) is 24.3 Å². The monoisotopic (exact) mass is 313 g/mol. The summed E-state index contributed by atoms with van der Waals surface area (Å²) in [6.45, 7) is 6.26. The highest BCUT2D eigenvalue weighted by Gasteiger charge is 2.17. The van der Waals surface area contributed by atoms with Gasteiger partial charge in [0.25, 0.3) is 0 Å². The maximum atomic E-state index is 12.1.